The molecule has 8 nitrogen and oxygen atoms in total. The highest BCUT2D eigenvalue weighted by Gasteiger charge is 2.26. The summed E-state index contributed by atoms with van der Waals surface area (Å²) in [6.07, 6.45) is 7.10. The maximum Gasteiger partial charge on any atom is 0.317 e. The lowest BCUT2D eigenvalue weighted by molar-refractivity contribution is 0.0917. The number of benzene rings is 2. The van der Waals surface area contributed by atoms with Crippen LogP contribution in [0.3, 0.4) is 0 Å². The quantitative estimate of drug-likeness (QED) is 0.559. The number of rotatable bonds is 6. The van der Waals surface area contributed by atoms with Gasteiger partial charge in [0.25, 0.3) is 15.9 Å². The third-order valence-electron chi connectivity index (χ3n) is 6.87. The number of nitrogens with one attached hydrogen (secondary N) is 3. The molecule has 0 radical (unpaired) electrons. The topological polar surface area (TPSA) is 108 Å². The molecule has 0 spiro atoms. The summed E-state index contributed by atoms with van der Waals surface area (Å²) >= 11 is 0. The number of amides is 3. The molecular weight excluding hydrogens is 464 g/mol. The summed E-state index contributed by atoms with van der Waals surface area (Å²) in [6.45, 7) is 3.04. The minimum Gasteiger partial charge on any atom is -0.349 e. The van der Waals surface area contributed by atoms with Gasteiger partial charge in [-0.25, -0.2) is 13.2 Å². The number of para-hydroxylation sites is 1. The van der Waals surface area contributed by atoms with Gasteiger partial charge in [-0.1, -0.05) is 37.5 Å². The third-order valence-corrected chi connectivity index (χ3v) is 8.25. The Balaban J connectivity index is 1.27. The summed E-state index contributed by atoms with van der Waals surface area (Å²) in [5.74, 6) is -0.245. The van der Waals surface area contributed by atoms with Gasteiger partial charge >= 0.3 is 6.03 Å². The van der Waals surface area contributed by atoms with E-state index >= 15 is 0 Å². The monoisotopic (exact) mass is 498 g/mol. The Bertz CT molecular complexity index is 1140. The normalized spacial score (nSPS) is 17.6. The SMILES string of the molecule is Cc1ccccc1NS(=O)(=O)c1ccc(C(=O)NC2CCN(C(=O)NC3CCCCC3)CC2)cc1. The van der Waals surface area contributed by atoms with Gasteiger partial charge in [-0.2, -0.15) is 0 Å². The number of sulfonamides is 1. The molecule has 2 fully saturated rings. The maximum atomic E-state index is 12.7. The highest BCUT2D eigenvalue weighted by atomic mass is 32.2. The predicted octanol–water partition coefficient (Wildman–Crippen LogP) is 4.03. The van der Waals surface area contributed by atoms with E-state index in [1.165, 1.54) is 43.5 Å². The summed E-state index contributed by atoms with van der Waals surface area (Å²) in [6, 6.07) is 13.3. The lowest BCUT2D eigenvalue weighted by Gasteiger charge is -2.34. The van der Waals surface area contributed by atoms with Crippen molar-refractivity contribution in [3.8, 4) is 0 Å². The van der Waals surface area contributed by atoms with Crippen LogP contribution in [-0.4, -0.2) is 50.4 Å². The van der Waals surface area contributed by atoms with Crippen molar-refractivity contribution in [3.63, 3.8) is 0 Å². The molecule has 1 aliphatic heterocycles. The van der Waals surface area contributed by atoms with Crippen molar-refractivity contribution in [2.24, 2.45) is 0 Å². The van der Waals surface area contributed by atoms with Gasteiger partial charge < -0.3 is 15.5 Å². The lowest BCUT2D eigenvalue weighted by Crippen LogP contribution is -2.51. The minimum absolute atomic E-state index is 0.00206. The molecule has 2 aromatic carbocycles. The van der Waals surface area contributed by atoms with Crippen LogP contribution in [0.25, 0.3) is 0 Å². The number of urea groups is 1. The molecule has 3 N–H and O–H groups in total. The second kappa shape index (κ2) is 11.1. The van der Waals surface area contributed by atoms with Crippen molar-refractivity contribution in [2.75, 3.05) is 17.8 Å². The van der Waals surface area contributed by atoms with Crippen molar-refractivity contribution in [3.05, 3.63) is 59.7 Å². The second-order valence-electron chi connectivity index (χ2n) is 9.46. The van der Waals surface area contributed by atoms with E-state index in [2.05, 4.69) is 15.4 Å². The number of anilines is 1. The molecular formula is C26H34N4O4S. The van der Waals surface area contributed by atoms with Gasteiger partial charge in [0.05, 0.1) is 10.6 Å². The average Bonchev–Trinajstić information content (AvgIpc) is 2.86. The molecule has 35 heavy (non-hydrogen) atoms. The molecule has 1 saturated carbocycles. The van der Waals surface area contributed by atoms with Crippen molar-refractivity contribution in [1.82, 2.24) is 15.5 Å². The fourth-order valence-electron chi connectivity index (χ4n) is 4.69. The van der Waals surface area contributed by atoms with Gasteiger partial charge in [-0.3, -0.25) is 9.52 Å². The number of aryl methyl sites for hydroxylation is 1. The Morgan fingerprint density at radius 1 is 0.829 bits per heavy atom. The van der Waals surface area contributed by atoms with E-state index in [1.54, 1.807) is 12.1 Å². The van der Waals surface area contributed by atoms with Crippen LogP contribution in [0.2, 0.25) is 0 Å². The van der Waals surface area contributed by atoms with Crippen molar-refractivity contribution in [1.29, 1.82) is 0 Å². The van der Waals surface area contributed by atoms with Crippen LogP contribution in [-0.2, 0) is 10.0 Å². The first kappa shape index (κ1) is 25.0. The Morgan fingerprint density at radius 2 is 1.46 bits per heavy atom. The summed E-state index contributed by atoms with van der Waals surface area (Å²) in [7, 11) is -3.76. The first-order chi connectivity index (χ1) is 16.8. The molecule has 0 bridgehead atoms. The first-order valence-electron chi connectivity index (χ1n) is 12.4. The van der Waals surface area contributed by atoms with Gasteiger partial charge in [-0.15, -0.1) is 0 Å². The van der Waals surface area contributed by atoms with Gasteiger partial charge in [0.1, 0.15) is 0 Å². The molecule has 0 atom stereocenters. The fraction of sp³-hybridized carbons (Fsp3) is 0.462. The molecule has 0 unspecified atom stereocenters. The van der Waals surface area contributed by atoms with E-state index in [9.17, 15) is 18.0 Å². The summed E-state index contributed by atoms with van der Waals surface area (Å²) < 4.78 is 28.0. The van der Waals surface area contributed by atoms with Gasteiger partial charge in [0, 0.05) is 30.7 Å². The van der Waals surface area contributed by atoms with Crippen LogP contribution in [0, 0.1) is 6.92 Å². The van der Waals surface area contributed by atoms with E-state index in [-0.39, 0.29) is 28.9 Å². The number of likely N-dealkylation sites (tertiary alicyclic amines) is 1. The number of hydrogen-bond acceptors (Lipinski definition) is 4. The van der Waals surface area contributed by atoms with Crippen molar-refractivity contribution >= 4 is 27.6 Å². The van der Waals surface area contributed by atoms with E-state index < -0.39 is 10.0 Å². The zero-order valence-electron chi connectivity index (χ0n) is 20.1. The molecule has 188 valence electrons. The van der Waals surface area contributed by atoms with Crippen LogP contribution >= 0.6 is 0 Å². The first-order valence-corrected chi connectivity index (χ1v) is 13.8. The van der Waals surface area contributed by atoms with E-state index in [1.807, 2.05) is 24.0 Å². The molecule has 1 saturated heterocycles. The van der Waals surface area contributed by atoms with Gasteiger partial charge in [-0.05, 0) is 68.5 Å². The highest BCUT2D eigenvalue weighted by molar-refractivity contribution is 7.92. The highest BCUT2D eigenvalue weighted by Crippen LogP contribution is 2.21. The van der Waals surface area contributed by atoms with Gasteiger partial charge in [0.2, 0.25) is 0 Å². The number of carbonyl (C=O) groups is 2. The Morgan fingerprint density at radius 3 is 2.11 bits per heavy atom. The van der Waals surface area contributed by atoms with Gasteiger partial charge in [0.15, 0.2) is 0 Å². The molecule has 1 heterocycles. The lowest BCUT2D eigenvalue weighted by atomic mass is 9.95. The molecule has 4 rings (SSSR count). The molecule has 9 heteroatoms. The number of nitrogens with zero attached hydrogens (tertiary/aromatic N) is 1. The zero-order chi connectivity index (χ0) is 24.8. The smallest absolute Gasteiger partial charge is 0.317 e. The van der Waals surface area contributed by atoms with Crippen LogP contribution < -0.4 is 15.4 Å². The largest absolute Gasteiger partial charge is 0.349 e. The average molecular weight is 499 g/mol. The van der Waals surface area contributed by atoms with Crippen LogP contribution in [0.4, 0.5) is 10.5 Å². The number of piperidine rings is 1. The summed E-state index contributed by atoms with van der Waals surface area (Å²) in [5.41, 5.74) is 1.75. The molecule has 3 amide bonds. The second-order valence-corrected chi connectivity index (χ2v) is 11.1. The van der Waals surface area contributed by atoms with Crippen LogP contribution in [0.1, 0.15) is 60.9 Å². The molecule has 0 aromatic heterocycles. The van der Waals surface area contributed by atoms with E-state index in [0.717, 1.165) is 18.4 Å². The number of hydrogen-bond donors (Lipinski definition) is 3. The molecule has 1 aliphatic carbocycles. The van der Waals surface area contributed by atoms with Crippen molar-refractivity contribution < 1.29 is 18.0 Å². The van der Waals surface area contributed by atoms with E-state index in [4.69, 9.17) is 0 Å². The van der Waals surface area contributed by atoms with Crippen LogP contribution in [0.5, 0.6) is 0 Å². The Labute approximate surface area is 207 Å². The molecule has 2 aliphatic rings. The Hall–Kier alpha value is -3.07. The standard InChI is InChI=1S/C26H34N4O4S/c1-19-7-5-6-10-24(19)29-35(33,34)23-13-11-20(12-14-23)25(31)27-22-15-17-30(18-16-22)26(32)28-21-8-3-2-4-9-21/h5-7,10-14,21-22,29H,2-4,8-9,15-18H2,1H3,(H,27,31)(H,28,32). The summed E-state index contributed by atoms with van der Waals surface area (Å²) in [5, 5.41) is 6.17. The molecule has 2 aromatic rings. The summed E-state index contributed by atoms with van der Waals surface area (Å²) in [4.78, 5) is 27.2. The maximum absolute atomic E-state index is 12.7. The zero-order valence-corrected chi connectivity index (χ0v) is 20.9. The Kier molecular flexibility index (Phi) is 7.95. The minimum atomic E-state index is -3.76. The van der Waals surface area contributed by atoms with E-state index in [0.29, 0.717) is 37.2 Å². The third kappa shape index (κ3) is 6.54. The fourth-order valence-corrected chi connectivity index (χ4v) is 5.82. The predicted molar refractivity (Wildman–Crippen MR) is 136 cm³/mol. The van der Waals surface area contributed by atoms with Crippen LogP contribution in [0.15, 0.2) is 53.4 Å². The van der Waals surface area contributed by atoms with Crippen molar-refractivity contribution in [2.45, 2.75) is 68.8 Å². The number of carbonyl (C=O) groups excluding carboxylic acids is 2.